The van der Waals surface area contributed by atoms with Crippen LogP contribution in [0.2, 0.25) is 18.1 Å². The van der Waals surface area contributed by atoms with Crippen LogP contribution in [0.25, 0.3) is 0 Å². The lowest BCUT2D eigenvalue weighted by Crippen LogP contribution is -2.42. The summed E-state index contributed by atoms with van der Waals surface area (Å²) in [5, 5.41) is -0.541. The van der Waals surface area contributed by atoms with E-state index < -0.39 is 25.2 Å². The van der Waals surface area contributed by atoms with Crippen LogP contribution in [0.1, 0.15) is 137 Å². The Morgan fingerprint density at radius 1 is 1.02 bits per heavy atom. The van der Waals surface area contributed by atoms with Crippen LogP contribution in [0, 0.1) is 17.8 Å². The second kappa shape index (κ2) is 19.0. The SMILES string of the molecule is CCCCOC(=O)CCCCCC[C@H]1CC[C@@H](OC2CCCCO2)[C@@H]1/C=C/C(CC(C)(C)[Si](C)(C)O)C(F)(F)CCCC. The highest BCUT2D eigenvalue weighted by molar-refractivity contribution is 6.72. The van der Waals surface area contributed by atoms with E-state index in [9.17, 15) is 9.59 Å². The van der Waals surface area contributed by atoms with Crippen molar-refractivity contribution in [1.29, 1.82) is 0 Å². The van der Waals surface area contributed by atoms with E-state index in [1.54, 1.807) is 6.08 Å². The molecule has 0 amide bonds. The number of unbranched alkanes of at least 4 members (excludes halogenated alkanes) is 5. The summed E-state index contributed by atoms with van der Waals surface area (Å²) in [7, 11) is -2.66. The number of hydrogen-bond donors (Lipinski definition) is 1. The van der Waals surface area contributed by atoms with Crippen molar-refractivity contribution in [3.63, 3.8) is 0 Å². The van der Waals surface area contributed by atoms with Gasteiger partial charge in [-0.3, -0.25) is 4.79 Å². The Labute approximate surface area is 263 Å². The Kier molecular flexibility index (Phi) is 16.9. The van der Waals surface area contributed by atoms with Crippen molar-refractivity contribution in [3.8, 4) is 0 Å². The predicted molar refractivity (Wildman–Crippen MR) is 174 cm³/mol. The summed E-state index contributed by atoms with van der Waals surface area (Å²) in [6, 6.07) is 0. The van der Waals surface area contributed by atoms with Gasteiger partial charge >= 0.3 is 5.97 Å². The van der Waals surface area contributed by atoms with Crippen LogP contribution in [-0.4, -0.2) is 50.6 Å². The molecule has 0 radical (unpaired) electrons. The number of carbonyl (C=O) groups excluding carboxylic acids is 1. The van der Waals surface area contributed by atoms with E-state index >= 15 is 8.78 Å². The minimum Gasteiger partial charge on any atom is -0.466 e. The second-order valence-corrected chi connectivity index (χ2v) is 18.9. The average Bonchev–Trinajstić information content (AvgIpc) is 3.32. The number of halogens is 2. The highest BCUT2D eigenvalue weighted by Gasteiger charge is 2.46. The van der Waals surface area contributed by atoms with Crippen molar-refractivity contribution in [2.75, 3.05) is 13.2 Å². The molecule has 1 aliphatic heterocycles. The molecule has 1 heterocycles. The Morgan fingerprint density at radius 2 is 1.74 bits per heavy atom. The maximum atomic E-state index is 15.7. The molecule has 0 bridgehead atoms. The molecule has 2 aliphatic rings. The molecular weight excluding hydrogens is 566 g/mol. The smallest absolute Gasteiger partial charge is 0.305 e. The average molecular weight is 631 g/mol. The van der Waals surface area contributed by atoms with Crippen LogP contribution < -0.4 is 0 Å². The third-order valence-electron chi connectivity index (χ3n) is 10.1. The summed E-state index contributed by atoms with van der Waals surface area (Å²) < 4.78 is 49.1. The highest BCUT2D eigenvalue weighted by atomic mass is 28.4. The van der Waals surface area contributed by atoms with Gasteiger partial charge in [-0.25, -0.2) is 8.78 Å². The number of alkyl halides is 2. The van der Waals surface area contributed by atoms with Crippen LogP contribution in [0.3, 0.4) is 0 Å². The summed E-state index contributed by atoms with van der Waals surface area (Å²) >= 11 is 0. The Bertz CT molecular complexity index is 807. The monoisotopic (exact) mass is 630 g/mol. The second-order valence-electron chi connectivity index (χ2n) is 14.4. The highest BCUT2D eigenvalue weighted by Crippen LogP contribution is 2.48. The van der Waals surface area contributed by atoms with Crippen molar-refractivity contribution < 1.29 is 32.6 Å². The maximum Gasteiger partial charge on any atom is 0.305 e. The number of esters is 1. The van der Waals surface area contributed by atoms with Gasteiger partial charge in [-0.05, 0) is 88.3 Å². The predicted octanol–water partition coefficient (Wildman–Crippen LogP) is 9.97. The molecule has 0 aromatic carbocycles. The van der Waals surface area contributed by atoms with Crippen LogP contribution in [0.15, 0.2) is 12.2 Å². The molecule has 5 atom stereocenters. The minimum atomic E-state index is -2.82. The molecule has 0 aromatic heterocycles. The number of rotatable bonds is 21. The lowest BCUT2D eigenvalue weighted by atomic mass is 9.84. The van der Waals surface area contributed by atoms with Gasteiger partial charge in [0.15, 0.2) is 14.6 Å². The van der Waals surface area contributed by atoms with Crippen molar-refractivity contribution in [2.24, 2.45) is 17.8 Å². The van der Waals surface area contributed by atoms with Crippen molar-refractivity contribution in [2.45, 2.75) is 173 Å². The Balaban J connectivity index is 2.09. The molecule has 1 N–H and O–H groups in total. The van der Waals surface area contributed by atoms with Gasteiger partial charge in [-0.15, -0.1) is 0 Å². The van der Waals surface area contributed by atoms with Crippen LogP contribution in [-0.2, 0) is 19.0 Å². The van der Waals surface area contributed by atoms with Crippen molar-refractivity contribution in [3.05, 3.63) is 12.2 Å². The zero-order valence-corrected chi connectivity index (χ0v) is 29.3. The first kappa shape index (κ1) is 38.4. The minimum absolute atomic E-state index is 0.0242. The van der Waals surface area contributed by atoms with Gasteiger partial charge in [0.2, 0.25) is 0 Å². The van der Waals surface area contributed by atoms with E-state index in [1.165, 1.54) is 0 Å². The van der Waals surface area contributed by atoms with Crippen LogP contribution in [0.4, 0.5) is 8.78 Å². The maximum absolute atomic E-state index is 15.7. The third kappa shape index (κ3) is 13.6. The molecule has 2 rings (SSSR count). The van der Waals surface area contributed by atoms with Gasteiger partial charge < -0.3 is 19.0 Å². The number of allylic oxidation sites excluding steroid dienone is 1. The fraction of sp³-hybridized carbons (Fsp3) is 0.914. The molecule has 0 aromatic rings. The molecule has 5 nitrogen and oxygen atoms in total. The number of carbonyl (C=O) groups is 1. The summed E-state index contributed by atoms with van der Waals surface area (Å²) in [4.78, 5) is 22.8. The van der Waals surface area contributed by atoms with E-state index in [2.05, 4.69) is 13.0 Å². The molecular formula is C35H64F2O5Si. The standard InChI is InChI=1S/C35H64F2O5Si/c1-7-9-24-35(36,37)29(27-34(3,4)43(5,6)39)21-22-30-28(20-23-31(30)42-33-19-15-16-26-41-33)17-13-11-12-14-18-32(38)40-25-10-8-2/h21-22,28-31,33,39H,7-20,23-27H2,1-6H3/b22-21+/t28-,29?,30+,31+,33?/m0/s1. The van der Waals surface area contributed by atoms with Crippen LogP contribution >= 0.6 is 0 Å². The third-order valence-corrected chi connectivity index (χ3v) is 13.6. The first-order valence-corrected chi connectivity index (χ1v) is 20.5. The molecule has 1 saturated heterocycles. The van der Waals surface area contributed by atoms with E-state index in [0.29, 0.717) is 25.4 Å². The summed E-state index contributed by atoms with van der Waals surface area (Å²) in [5.74, 6) is -3.38. The van der Waals surface area contributed by atoms with Gasteiger partial charge in [0, 0.05) is 31.3 Å². The lowest BCUT2D eigenvalue weighted by molar-refractivity contribution is -0.192. The van der Waals surface area contributed by atoms with Crippen molar-refractivity contribution >= 4 is 14.3 Å². The number of hydrogen-bond acceptors (Lipinski definition) is 5. The van der Waals surface area contributed by atoms with E-state index in [0.717, 1.165) is 90.1 Å². The van der Waals surface area contributed by atoms with Gasteiger partial charge in [-0.2, -0.15) is 0 Å². The Hall–Kier alpha value is -0.833. The molecule has 1 saturated carbocycles. The molecule has 0 spiro atoms. The van der Waals surface area contributed by atoms with Gasteiger partial charge in [0.25, 0.3) is 5.92 Å². The molecule has 2 fully saturated rings. The van der Waals surface area contributed by atoms with E-state index in [-0.39, 0.29) is 37.1 Å². The quantitative estimate of drug-likeness (QED) is 0.0592. The molecule has 252 valence electrons. The largest absolute Gasteiger partial charge is 0.466 e. The lowest BCUT2D eigenvalue weighted by Gasteiger charge is -2.39. The van der Waals surface area contributed by atoms with Gasteiger partial charge in [-0.1, -0.05) is 72.0 Å². The van der Waals surface area contributed by atoms with E-state index in [4.69, 9.17) is 14.2 Å². The van der Waals surface area contributed by atoms with E-state index in [1.807, 2.05) is 33.9 Å². The fourth-order valence-electron chi connectivity index (χ4n) is 6.31. The topological polar surface area (TPSA) is 65.0 Å². The summed E-state index contributed by atoms with van der Waals surface area (Å²) in [5.41, 5.74) is 0. The van der Waals surface area contributed by atoms with Crippen molar-refractivity contribution in [1.82, 2.24) is 0 Å². The zero-order chi connectivity index (χ0) is 31.9. The van der Waals surface area contributed by atoms with Gasteiger partial charge in [0.05, 0.1) is 12.7 Å². The molecule has 8 heteroatoms. The fourth-order valence-corrected chi connectivity index (χ4v) is 7.03. The number of ether oxygens (including phenoxy) is 3. The molecule has 43 heavy (non-hydrogen) atoms. The molecule has 2 unspecified atom stereocenters. The summed E-state index contributed by atoms with van der Waals surface area (Å²) in [6.07, 6.45) is 17.4. The van der Waals surface area contributed by atoms with Gasteiger partial charge in [0.1, 0.15) is 0 Å². The first-order chi connectivity index (χ1) is 20.3. The van der Waals surface area contributed by atoms with Crippen LogP contribution in [0.5, 0.6) is 0 Å². The summed E-state index contributed by atoms with van der Waals surface area (Å²) in [6.45, 7) is 12.9. The normalized spacial score (nSPS) is 24.5. The zero-order valence-electron chi connectivity index (χ0n) is 28.3. The first-order valence-electron chi connectivity index (χ1n) is 17.5. The Morgan fingerprint density at radius 3 is 2.40 bits per heavy atom. The molecule has 1 aliphatic carbocycles.